The van der Waals surface area contributed by atoms with Gasteiger partial charge in [0.25, 0.3) is 0 Å². The van der Waals surface area contributed by atoms with E-state index in [-0.39, 0.29) is 5.97 Å². The number of esters is 1. The van der Waals surface area contributed by atoms with Gasteiger partial charge in [-0.15, -0.1) is 0 Å². The summed E-state index contributed by atoms with van der Waals surface area (Å²) in [6.45, 7) is 0. The molecular weight excluding hydrogens is 252 g/mol. The van der Waals surface area contributed by atoms with Crippen molar-refractivity contribution in [1.82, 2.24) is 0 Å². The highest BCUT2D eigenvalue weighted by molar-refractivity contribution is 5.80. The molecule has 104 valence electrons. The number of ether oxygens (including phenoxy) is 1. The fourth-order valence-electron chi connectivity index (χ4n) is 2.05. The molecule has 0 aliphatic carbocycles. The van der Waals surface area contributed by atoms with Crippen LogP contribution in [0.15, 0.2) is 60.7 Å². The zero-order valence-corrected chi connectivity index (χ0v) is 11.4. The second kappa shape index (κ2) is 6.73. The molecule has 4 heteroatoms. The number of nitrogens with zero attached hydrogens (tertiary/aromatic N) is 1. The maximum atomic E-state index is 12.0. The van der Waals surface area contributed by atoms with Crippen molar-refractivity contribution in [1.29, 1.82) is 0 Å². The summed E-state index contributed by atoms with van der Waals surface area (Å²) < 4.78 is 4.87. The smallest absolute Gasteiger partial charge is 0.330 e. The van der Waals surface area contributed by atoms with Crippen molar-refractivity contribution in [2.45, 2.75) is 12.5 Å². The molecule has 4 nitrogen and oxygen atoms in total. The Kier molecular flexibility index (Phi) is 4.74. The molecule has 2 aromatic rings. The fourth-order valence-corrected chi connectivity index (χ4v) is 2.05. The number of carbonyl (C=O) groups is 1. The first-order valence-electron chi connectivity index (χ1n) is 6.43. The number of carbonyl (C=O) groups excluding carboxylic acids is 1. The van der Waals surface area contributed by atoms with E-state index in [4.69, 9.17) is 10.6 Å². The maximum Gasteiger partial charge on any atom is 0.330 e. The molecule has 0 spiro atoms. The molecule has 0 bridgehead atoms. The number of hydrogen-bond acceptors (Lipinski definition) is 4. The summed E-state index contributed by atoms with van der Waals surface area (Å²) in [4.78, 5) is 12.0. The molecular formula is C16H18N2O2. The third-order valence-corrected chi connectivity index (χ3v) is 3.14. The van der Waals surface area contributed by atoms with Crippen molar-refractivity contribution in [2.75, 3.05) is 12.1 Å². The molecule has 0 aliphatic rings. The van der Waals surface area contributed by atoms with Gasteiger partial charge in [-0.3, -0.25) is 5.01 Å². The third-order valence-electron chi connectivity index (χ3n) is 3.14. The highest BCUT2D eigenvalue weighted by Gasteiger charge is 2.25. The van der Waals surface area contributed by atoms with Crippen LogP contribution >= 0.6 is 0 Å². The van der Waals surface area contributed by atoms with Gasteiger partial charge in [0.1, 0.15) is 6.04 Å². The lowest BCUT2D eigenvalue weighted by Gasteiger charge is -2.27. The highest BCUT2D eigenvalue weighted by atomic mass is 16.5. The number of rotatable bonds is 5. The van der Waals surface area contributed by atoms with Crippen molar-refractivity contribution in [3.05, 3.63) is 66.2 Å². The van der Waals surface area contributed by atoms with Gasteiger partial charge >= 0.3 is 5.97 Å². The number of methoxy groups -OCH3 is 1. The van der Waals surface area contributed by atoms with Crippen LogP contribution in [0.4, 0.5) is 5.69 Å². The van der Waals surface area contributed by atoms with Gasteiger partial charge in [0, 0.05) is 6.42 Å². The van der Waals surface area contributed by atoms with Crippen LogP contribution in [0, 0.1) is 0 Å². The Labute approximate surface area is 118 Å². The Morgan fingerprint density at radius 1 is 1.10 bits per heavy atom. The van der Waals surface area contributed by atoms with Crippen LogP contribution < -0.4 is 10.9 Å². The van der Waals surface area contributed by atoms with E-state index in [1.54, 1.807) is 0 Å². The molecule has 0 saturated heterocycles. The zero-order valence-electron chi connectivity index (χ0n) is 11.4. The van der Waals surface area contributed by atoms with Crippen LogP contribution in [-0.2, 0) is 16.0 Å². The van der Waals surface area contributed by atoms with E-state index in [1.165, 1.54) is 12.1 Å². The molecule has 2 aromatic carbocycles. The molecule has 0 saturated carbocycles. The predicted molar refractivity (Wildman–Crippen MR) is 79.1 cm³/mol. The Bertz CT molecular complexity index is 543. The van der Waals surface area contributed by atoms with Gasteiger partial charge in [-0.05, 0) is 17.7 Å². The first-order valence-corrected chi connectivity index (χ1v) is 6.43. The average Bonchev–Trinajstić information content (AvgIpc) is 2.53. The predicted octanol–water partition coefficient (Wildman–Crippen LogP) is 2.15. The Morgan fingerprint density at radius 3 is 2.20 bits per heavy atom. The molecule has 0 unspecified atom stereocenters. The first-order chi connectivity index (χ1) is 9.72. The summed E-state index contributed by atoms with van der Waals surface area (Å²) in [6, 6.07) is 18.6. The lowest BCUT2D eigenvalue weighted by Crippen LogP contribution is -2.48. The number of hydrogen-bond donors (Lipinski definition) is 1. The summed E-state index contributed by atoms with van der Waals surface area (Å²) >= 11 is 0. The van der Waals surface area contributed by atoms with E-state index < -0.39 is 6.04 Å². The molecule has 20 heavy (non-hydrogen) atoms. The number of hydrazine groups is 1. The molecule has 0 radical (unpaired) electrons. The van der Waals surface area contributed by atoms with Gasteiger partial charge in [0.05, 0.1) is 12.8 Å². The topological polar surface area (TPSA) is 55.6 Å². The monoisotopic (exact) mass is 270 g/mol. The molecule has 0 fully saturated rings. The SMILES string of the molecule is COC(=O)[C@H](Cc1ccccc1)N(N)c1ccccc1. The van der Waals surface area contributed by atoms with Crippen LogP contribution in [0.2, 0.25) is 0 Å². The summed E-state index contributed by atoms with van der Waals surface area (Å²) in [5.74, 6) is 5.75. The van der Waals surface area contributed by atoms with Gasteiger partial charge in [-0.25, -0.2) is 10.6 Å². The highest BCUT2D eigenvalue weighted by Crippen LogP contribution is 2.16. The van der Waals surface area contributed by atoms with Crippen molar-refractivity contribution in [2.24, 2.45) is 5.84 Å². The molecule has 0 aliphatic heterocycles. The number of nitrogens with two attached hydrogens (primary N) is 1. The van der Waals surface area contributed by atoms with Gasteiger partial charge in [-0.1, -0.05) is 48.5 Å². The second-order valence-corrected chi connectivity index (χ2v) is 4.47. The zero-order chi connectivity index (χ0) is 14.4. The van der Waals surface area contributed by atoms with Gasteiger partial charge in [0.15, 0.2) is 0 Å². The first kappa shape index (κ1) is 14.1. The third kappa shape index (κ3) is 3.36. The van der Waals surface area contributed by atoms with E-state index in [2.05, 4.69) is 0 Å². The van der Waals surface area contributed by atoms with Gasteiger partial charge in [-0.2, -0.15) is 0 Å². The summed E-state index contributed by atoms with van der Waals surface area (Å²) in [6.07, 6.45) is 0.499. The lowest BCUT2D eigenvalue weighted by molar-refractivity contribution is -0.142. The van der Waals surface area contributed by atoms with Crippen molar-refractivity contribution >= 4 is 11.7 Å². The fraction of sp³-hybridized carbons (Fsp3) is 0.188. The van der Waals surface area contributed by atoms with Crippen molar-refractivity contribution < 1.29 is 9.53 Å². The number of benzene rings is 2. The van der Waals surface area contributed by atoms with Crippen LogP contribution in [0.25, 0.3) is 0 Å². The quantitative estimate of drug-likeness (QED) is 0.514. The minimum atomic E-state index is -0.551. The molecule has 1 atom stereocenters. The maximum absolute atomic E-state index is 12.0. The van der Waals surface area contributed by atoms with Crippen LogP contribution in [0.1, 0.15) is 5.56 Å². The minimum Gasteiger partial charge on any atom is -0.467 e. The van der Waals surface area contributed by atoms with Crippen LogP contribution in [-0.4, -0.2) is 19.1 Å². The summed E-state index contributed by atoms with van der Waals surface area (Å²) in [7, 11) is 1.37. The Hall–Kier alpha value is -2.33. The molecule has 2 N–H and O–H groups in total. The van der Waals surface area contributed by atoms with E-state index in [1.807, 2.05) is 60.7 Å². The summed E-state index contributed by atoms with van der Waals surface area (Å²) in [5.41, 5.74) is 1.81. The standard InChI is InChI=1S/C16H18N2O2/c1-20-16(19)15(12-13-8-4-2-5-9-13)18(17)14-10-6-3-7-11-14/h2-11,15H,12,17H2,1H3/t15-/m0/s1. The van der Waals surface area contributed by atoms with E-state index in [9.17, 15) is 4.79 Å². The Morgan fingerprint density at radius 2 is 1.65 bits per heavy atom. The average molecular weight is 270 g/mol. The largest absolute Gasteiger partial charge is 0.467 e. The van der Waals surface area contributed by atoms with E-state index in [0.717, 1.165) is 11.3 Å². The lowest BCUT2D eigenvalue weighted by atomic mass is 10.1. The number of para-hydroxylation sites is 1. The summed E-state index contributed by atoms with van der Waals surface area (Å²) in [5, 5.41) is 1.46. The van der Waals surface area contributed by atoms with Gasteiger partial charge in [0.2, 0.25) is 0 Å². The van der Waals surface area contributed by atoms with Crippen LogP contribution in [0.5, 0.6) is 0 Å². The van der Waals surface area contributed by atoms with Gasteiger partial charge < -0.3 is 4.74 Å². The van der Waals surface area contributed by atoms with Crippen LogP contribution in [0.3, 0.4) is 0 Å². The van der Waals surface area contributed by atoms with E-state index in [0.29, 0.717) is 6.42 Å². The van der Waals surface area contributed by atoms with Crippen molar-refractivity contribution in [3.8, 4) is 0 Å². The Balaban J connectivity index is 2.22. The molecule has 2 rings (SSSR count). The molecule has 0 aromatic heterocycles. The second-order valence-electron chi connectivity index (χ2n) is 4.47. The molecule has 0 heterocycles. The number of anilines is 1. The normalized spacial score (nSPS) is 11.7. The molecule has 0 amide bonds. The van der Waals surface area contributed by atoms with E-state index >= 15 is 0 Å². The van der Waals surface area contributed by atoms with Crippen molar-refractivity contribution in [3.63, 3.8) is 0 Å². The minimum absolute atomic E-state index is 0.347.